The fraction of sp³-hybridized carbons (Fsp3) is 0.933. The van der Waals surface area contributed by atoms with Crippen molar-refractivity contribution < 1.29 is 9.84 Å². The van der Waals surface area contributed by atoms with Crippen molar-refractivity contribution in [3.05, 3.63) is 0 Å². The van der Waals surface area contributed by atoms with Crippen LogP contribution in [0.1, 0.15) is 26.2 Å². The normalized spacial score (nSPS) is 36.9. The van der Waals surface area contributed by atoms with E-state index in [0.29, 0.717) is 12.0 Å². The Morgan fingerprint density at radius 3 is 3.00 bits per heavy atom. The van der Waals surface area contributed by atoms with Gasteiger partial charge < -0.3 is 20.1 Å². The average Bonchev–Trinajstić information content (AvgIpc) is 3.19. The Kier molecular flexibility index (Phi) is 4.66. The van der Waals surface area contributed by atoms with Crippen LogP contribution in [0.25, 0.3) is 0 Å². The van der Waals surface area contributed by atoms with Crippen LogP contribution in [-0.2, 0) is 4.74 Å². The number of ether oxygens (including phenoxy) is 1. The molecule has 0 aromatic heterocycles. The van der Waals surface area contributed by atoms with Crippen molar-refractivity contribution in [2.75, 3.05) is 50.9 Å². The highest BCUT2D eigenvalue weighted by Gasteiger charge is 2.42. The fourth-order valence-corrected chi connectivity index (χ4v) is 4.74. The predicted octanol–water partition coefficient (Wildman–Crippen LogP) is 0.932. The average molecular weight is 313 g/mol. The molecule has 3 aliphatic rings. The maximum Gasteiger partial charge on any atom is 0.194 e. The maximum absolute atomic E-state index is 10.5. The highest BCUT2D eigenvalue weighted by molar-refractivity contribution is 7.99. The Bertz CT molecular complexity index is 390. The molecule has 21 heavy (non-hydrogen) atoms. The zero-order valence-corrected chi connectivity index (χ0v) is 13.8. The van der Waals surface area contributed by atoms with Gasteiger partial charge in [0.05, 0.1) is 18.8 Å². The Balaban J connectivity index is 1.64. The van der Waals surface area contributed by atoms with Crippen LogP contribution >= 0.6 is 11.8 Å². The molecular formula is C15H27N3O2S. The summed E-state index contributed by atoms with van der Waals surface area (Å²) in [6.07, 6.45) is 3.22. The molecule has 3 rings (SSSR count). The maximum atomic E-state index is 10.5. The van der Waals surface area contributed by atoms with E-state index in [4.69, 9.17) is 9.73 Å². The molecule has 0 aromatic rings. The van der Waals surface area contributed by atoms with Gasteiger partial charge in [-0.3, -0.25) is 4.99 Å². The minimum Gasteiger partial charge on any atom is -0.387 e. The van der Waals surface area contributed by atoms with Gasteiger partial charge >= 0.3 is 0 Å². The molecule has 3 fully saturated rings. The summed E-state index contributed by atoms with van der Waals surface area (Å²) in [7, 11) is 0. The van der Waals surface area contributed by atoms with E-state index in [1.54, 1.807) is 0 Å². The molecule has 0 aromatic carbocycles. The van der Waals surface area contributed by atoms with E-state index in [1.807, 2.05) is 11.8 Å². The SMILES string of the molecule is CCNC(=NCC1(O)CCSC1)N1CCC2(CCOC2)C1. The number of aliphatic imine (C=N–C) groups is 1. The molecule has 0 radical (unpaired) electrons. The van der Waals surface area contributed by atoms with E-state index in [2.05, 4.69) is 17.1 Å². The third-order valence-electron chi connectivity index (χ3n) is 4.86. The standard InChI is InChI=1S/C15H27N3O2S/c1-2-16-13(17-9-15(19)5-8-21-12-15)18-6-3-14(10-18)4-7-20-11-14/h19H,2-12H2,1H3,(H,16,17). The lowest BCUT2D eigenvalue weighted by atomic mass is 9.87. The number of guanidine groups is 1. The number of nitrogens with one attached hydrogen (secondary N) is 1. The van der Waals surface area contributed by atoms with Crippen LogP contribution < -0.4 is 5.32 Å². The van der Waals surface area contributed by atoms with E-state index >= 15 is 0 Å². The lowest BCUT2D eigenvalue weighted by Gasteiger charge is -2.26. The second kappa shape index (κ2) is 6.34. The summed E-state index contributed by atoms with van der Waals surface area (Å²) in [6.45, 7) is 7.35. The number of hydrogen-bond acceptors (Lipinski definition) is 4. The highest BCUT2D eigenvalue weighted by Crippen LogP contribution is 2.38. The van der Waals surface area contributed by atoms with Crippen LogP contribution in [-0.4, -0.2) is 72.5 Å². The Morgan fingerprint density at radius 1 is 1.43 bits per heavy atom. The first kappa shape index (κ1) is 15.4. The Labute approximate surface area is 131 Å². The van der Waals surface area contributed by atoms with Gasteiger partial charge in [0.2, 0.25) is 0 Å². The molecular weight excluding hydrogens is 286 g/mol. The first-order chi connectivity index (χ1) is 10.1. The first-order valence-corrected chi connectivity index (χ1v) is 9.21. The quantitative estimate of drug-likeness (QED) is 0.600. The number of thioether (sulfide) groups is 1. The summed E-state index contributed by atoms with van der Waals surface area (Å²) in [6, 6.07) is 0. The van der Waals surface area contributed by atoms with E-state index in [-0.39, 0.29) is 0 Å². The third-order valence-corrected chi connectivity index (χ3v) is 6.10. The molecule has 2 N–H and O–H groups in total. The number of rotatable bonds is 3. The topological polar surface area (TPSA) is 57.1 Å². The molecule has 3 heterocycles. The van der Waals surface area contributed by atoms with Gasteiger partial charge in [-0.1, -0.05) is 0 Å². The van der Waals surface area contributed by atoms with Crippen molar-refractivity contribution in [1.29, 1.82) is 0 Å². The van der Waals surface area contributed by atoms with Crippen LogP contribution in [0.15, 0.2) is 4.99 Å². The largest absolute Gasteiger partial charge is 0.387 e. The summed E-state index contributed by atoms with van der Waals surface area (Å²) in [5.41, 5.74) is -0.254. The number of hydrogen-bond donors (Lipinski definition) is 2. The molecule has 0 amide bonds. The molecule has 2 unspecified atom stereocenters. The molecule has 6 heteroatoms. The monoisotopic (exact) mass is 313 g/mol. The van der Waals surface area contributed by atoms with E-state index in [0.717, 1.165) is 56.7 Å². The molecule has 0 bridgehead atoms. The molecule has 0 saturated carbocycles. The van der Waals surface area contributed by atoms with Gasteiger partial charge in [-0.2, -0.15) is 11.8 Å². The van der Waals surface area contributed by atoms with Gasteiger partial charge in [-0.05, 0) is 31.9 Å². The van der Waals surface area contributed by atoms with Crippen LogP contribution in [0.3, 0.4) is 0 Å². The summed E-state index contributed by atoms with van der Waals surface area (Å²) >= 11 is 1.82. The summed E-state index contributed by atoms with van der Waals surface area (Å²) in [5, 5.41) is 13.9. The van der Waals surface area contributed by atoms with Crippen molar-refractivity contribution >= 4 is 17.7 Å². The van der Waals surface area contributed by atoms with Gasteiger partial charge in [0.1, 0.15) is 0 Å². The highest BCUT2D eigenvalue weighted by atomic mass is 32.2. The van der Waals surface area contributed by atoms with E-state index < -0.39 is 5.60 Å². The van der Waals surface area contributed by atoms with Gasteiger partial charge in [0.25, 0.3) is 0 Å². The Hall–Kier alpha value is -0.460. The van der Waals surface area contributed by atoms with Gasteiger partial charge in [0, 0.05) is 37.4 Å². The summed E-state index contributed by atoms with van der Waals surface area (Å²) in [5.74, 6) is 2.83. The van der Waals surface area contributed by atoms with Crippen molar-refractivity contribution in [2.24, 2.45) is 10.4 Å². The second-order valence-electron chi connectivity index (χ2n) is 6.67. The van der Waals surface area contributed by atoms with Crippen molar-refractivity contribution in [3.63, 3.8) is 0 Å². The molecule has 0 aliphatic carbocycles. The molecule has 1 spiro atoms. The van der Waals surface area contributed by atoms with Crippen molar-refractivity contribution in [1.82, 2.24) is 10.2 Å². The van der Waals surface area contributed by atoms with Gasteiger partial charge in [0.15, 0.2) is 5.96 Å². The first-order valence-electron chi connectivity index (χ1n) is 8.06. The lowest BCUT2D eigenvalue weighted by Crippen LogP contribution is -2.43. The van der Waals surface area contributed by atoms with E-state index in [9.17, 15) is 5.11 Å². The number of aliphatic hydroxyl groups is 1. The molecule has 5 nitrogen and oxygen atoms in total. The fourth-order valence-electron chi connectivity index (χ4n) is 3.46. The van der Waals surface area contributed by atoms with Crippen LogP contribution in [0.4, 0.5) is 0 Å². The zero-order chi connectivity index (χ0) is 14.8. The smallest absolute Gasteiger partial charge is 0.194 e. The number of nitrogens with zero attached hydrogens (tertiary/aromatic N) is 2. The van der Waals surface area contributed by atoms with Crippen LogP contribution in [0, 0.1) is 5.41 Å². The van der Waals surface area contributed by atoms with Crippen LogP contribution in [0.5, 0.6) is 0 Å². The van der Waals surface area contributed by atoms with Gasteiger partial charge in [-0.15, -0.1) is 0 Å². The molecule has 3 saturated heterocycles. The van der Waals surface area contributed by atoms with E-state index in [1.165, 1.54) is 12.8 Å². The third kappa shape index (κ3) is 3.48. The summed E-state index contributed by atoms with van der Waals surface area (Å²) in [4.78, 5) is 7.08. The zero-order valence-electron chi connectivity index (χ0n) is 12.9. The summed E-state index contributed by atoms with van der Waals surface area (Å²) < 4.78 is 5.60. The second-order valence-corrected chi connectivity index (χ2v) is 7.78. The molecule has 120 valence electrons. The minimum absolute atomic E-state index is 0.344. The van der Waals surface area contributed by atoms with Crippen molar-refractivity contribution in [3.8, 4) is 0 Å². The predicted molar refractivity (Wildman–Crippen MR) is 86.9 cm³/mol. The molecule has 3 aliphatic heterocycles. The van der Waals surface area contributed by atoms with Crippen molar-refractivity contribution in [2.45, 2.75) is 31.8 Å². The Morgan fingerprint density at radius 2 is 2.33 bits per heavy atom. The lowest BCUT2D eigenvalue weighted by molar-refractivity contribution is 0.0776. The molecule has 2 atom stereocenters. The minimum atomic E-state index is -0.598. The number of likely N-dealkylation sites (tertiary alicyclic amines) is 1. The van der Waals surface area contributed by atoms with Crippen LogP contribution in [0.2, 0.25) is 0 Å². The van der Waals surface area contributed by atoms with Gasteiger partial charge in [-0.25, -0.2) is 0 Å².